The maximum absolute atomic E-state index is 2.58. The van der Waals surface area contributed by atoms with E-state index in [2.05, 4.69) is 20.8 Å². The van der Waals surface area contributed by atoms with Crippen LogP contribution in [0.2, 0.25) is 0 Å². The minimum atomic E-state index is 0.731. The quantitative estimate of drug-likeness (QED) is 0.430. The van der Waals surface area contributed by atoms with Crippen molar-refractivity contribution in [2.45, 2.75) is 117 Å². The normalized spacial score (nSPS) is 30.1. The molecule has 22 heavy (non-hydrogen) atoms. The van der Waals surface area contributed by atoms with Gasteiger partial charge in [-0.25, -0.2) is 0 Å². The van der Waals surface area contributed by atoms with Crippen molar-refractivity contribution in [3.63, 3.8) is 0 Å². The van der Waals surface area contributed by atoms with Crippen LogP contribution in [0.25, 0.3) is 0 Å². The third kappa shape index (κ3) is 5.00. The van der Waals surface area contributed by atoms with E-state index in [1.165, 1.54) is 57.8 Å². The summed E-state index contributed by atoms with van der Waals surface area (Å²) in [6.45, 7) is 7.31. The maximum atomic E-state index is 2.58. The first kappa shape index (κ1) is 18.3. The standard InChI is InChI=1S/C22H42/c1-4-9-19(3)22(16-7-6-8-17-22)18-15-21-13-11-20(10-5-2)12-14-21/h19-21H,4-18H2,1-3H3. The number of hydrogen-bond acceptors (Lipinski definition) is 0. The molecule has 0 aromatic carbocycles. The van der Waals surface area contributed by atoms with E-state index in [1.54, 1.807) is 38.5 Å². The van der Waals surface area contributed by atoms with E-state index in [0.29, 0.717) is 0 Å². The molecule has 0 amide bonds. The second-order valence-corrected chi connectivity index (χ2v) is 8.83. The molecule has 2 fully saturated rings. The Balaban J connectivity index is 1.81. The van der Waals surface area contributed by atoms with Crippen molar-refractivity contribution in [2.75, 3.05) is 0 Å². The smallest absolute Gasteiger partial charge is 0.0272 e. The summed E-state index contributed by atoms with van der Waals surface area (Å²) < 4.78 is 0. The molecule has 0 saturated heterocycles. The zero-order chi connectivity index (χ0) is 15.8. The van der Waals surface area contributed by atoms with Gasteiger partial charge in [0.1, 0.15) is 0 Å². The summed E-state index contributed by atoms with van der Waals surface area (Å²) in [7, 11) is 0. The lowest BCUT2D eigenvalue weighted by molar-refractivity contribution is 0.0739. The Labute approximate surface area is 140 Å². The van der Waals surface area contributed by atoms with Crippen LogP contribution in [-0.4, -0.2) is 0 Å². The Morgan fingerprint density at radius 1 is 0.818 bits per heavy atom. The van der Waals surface area contributed by atoms with Gasteiger partial charge in [0, 0.05) is 0 Å². The fraction of sp³-hybridized carbons (Fsp3) is 1.00. The van der Waals surface area contributed by atoms with Gasteiger partial charge in [-0.2, -0.15) is 0 Å². The summed E-state index contributed by atoms with van der Waals surface area (Å²) in [4.78, 5) is 0. The summed E-state index contributed by atoms with van der Waals surface area (Å²) in [5.41, 5.74) is 0.731. The summed E-state index contributed by atoms with van der Waals surface area (Å²) in [5.74, 6) is 3.11. The highest BCUT2D eigenvalue weighted by Gasteiger charge is 2.37. The van der Waals surface area contributed by atoms with Gasteiger partial charge in [0.05, 0.1) is 0 Å². The van der Waals surface area contributed by atoms with E-state index in [-0.39, 0.29) is 0 Å². The van der Waals surface area contributed by atoms with Crippen LogP contribution in [-0.2, 0) is 0 Å². The van der Waals surface area contributed by atoms with Gasteiger partial charge in [-0.3, -0.25) is 0 Å². The first-order chi connectivity index (χ1) is 10.7. The van der Waals surface area contributed by atoms with Crippen molar-refractivity contribution in [3.05, 3.63) is 0 Å². The SMILES string of the molecule is CCCC1CCC(CCC2(C(C)CCC)CCCCC2)CC1. The van der Waals surface area contributed by atoms with Gasteiger partial charge in [0.2, 0.25) is 0 Å². The Morgan fingerprint density at radius 2 is 1.41 bits per heavy atom. The van der Waals surface area contributed by atoms with Gasteiger partial charge in [-0.05, 0) is 48.9 Å². The molecular formula is C22H42. The molecule has 0 N–H and O–H groups in total. The zero-order valence-corrected chi connectivity index (χ0v) is 15.8. The molecule has 0 heteroatoms. The maximum Gasteiger partial charge on any atom is -0.0272 e. The fourth-order valence-corrected chi connectivity index (χ4v) is 5.69. The monoisotopic (exact) mass is 306 g/mol. The second-order valence-electron chi connectivity index (χ2n) is 8.83. The van der Waals surface area contributed by atoms with Gasteiger partial charge in [-0.15, -0.1) is 0 Å². The van der Waals surface area contributed by atoms with E-state index >= 15 is 0 Å². The van der Waals surface area contributed by atoms with Crippen molar-refractivity contribution >= 4 is 0 Å². The highest BCUT2D eigenvalue weighted by molar-refractivity contribution is 4.88. The molecule has 2 rings (SSSR count). The van der Waals surface area contributed by atoms with Gasteiger partial charge in [0.15, 0.2) is 0 Å². The van der Waals surface area contributed by atoms with Crippen molar-refractivity contribution in [1.29, 1.82) is 0 Å². The molecule has 1 atom stereocenters. The first-order valence-corrected chi connectivity index (χ1v) is 10.7. The highest BCUT2D eigenvalue weighted by atomic mass is 14.4. The van der Waals surface area contributed by atoms with Crippen LogP contribution in [0.1, 0.15) is 117 Å². The van der Waals surface area contributed by atoms with Crippen molar-refractivity contribution in [1.82, 2.24) is 0 Å². The molecule has 0 nitrogen and oxygen atoms in total. The molecule has 1 unspecified atom stereocenters. The van der Waals surface area contributed by atoms with E-state index in [4.69, 9.17) is 0 Å². The van der Waals surface area contributed by atoms with Gasteiger partial charge in [0.25, 0.3) is 0 Å². The second kappa shape index (κ2) is 9.33. The Hall–Kier alpha value is 0. The minimum absolute atomic E-state index is 0.731. The van der Waals surface area contributed by atoms with Crippen LogP contribution in [0.15, 0.2) is 0 Å². The third-order valence-electron chi connectivity index (χ3n) is 7.33. The fourth-order valence-electron chi connectivity index (χ4n) is 5.69. The Morgan fingerprint density at radius 3 is 1.95 bits per heavy atom. The molecule has 2 aliphatic rings. The predicted molar refractivity (Wildman–Crippen MR) is 99.2 cm³/mol. The molecule has 2 saturated carbocycles. The summed E-state index contributed by atoms with van der Waals surface area (Å²) in [6.07, 6.45) is 22.6. The van der Waals surface area contributed by atoms with Crippen LogP contribution in [0, 0.1) is 23.2 Å². The van der Waals surface area contributed by atoms with Crippen LogP contribution < -0.4 is 0 Å². The molecule has 130 valence electrons. The van der Waals surface area contributed by atoms with Crippen LogP contribution in [0.3, 0.4) is 0 Å². The average molecular weight is 307 g/mol. The molecular weight excluding hydrogens is 264 g/mol. The van der Waals surface area contributed by atoms with Crippen LogP contribution in [0.4, 0.5) is 0 Å². The van der Waals surface area contributed by atoms with E-state index in [0.717, 1.165) is 23.2 Å². The molecule has 0 spiro atoms. The lowest BCUT2D eigenvalue weighted by atomic mass is 9.62. The molecule has 2 aliphatic carbocycles. The molecule has 0 bridgehead atoms. The van der Waals surface area contributed by atoms with Crippen molar-refractivity contribution in [2.24, 2.45) is 23.2 Å². The van der Waals surface area contributed by atoms with Crippen LogP contribution >= 0.6 is 0 Å². The van der Waals surface area contributed by atoms with Crippen molar-refractivity contribution in [3.8, 4) is 0 Å². The zero-order valence-electron chi connectivity index (χ0n) is 15.8. The lowest BCUT2D eigenvalue weighted by Gasteiger charge is -2.44. The van der Waals surface area contributed by atoms with E-state index < -0.39 is 0 Å². The molecule has 0 aliphatic heterocycles. The van der Waals surface area contributed by atoms with Gasteiger partial charge < -0.3 is 0 Å². The predicted octanol–water partition coefficient (Wildman–Crippen LogP) is 7.76. The minimum Gasteiger partial charge on any atom is -0.0654 e. The summed E-state index contributed by atoms with van der Waals surface area (Å²) in [6, 6.07) is 0. The Kier molecular flexibility index (Phi) is 7.78. The number of rotatable bonds is 8. The van der Waals surface area contributed by atoms with Crippen LogP contribution in [0.5, 0.6) is 0 Å². The molecule has 0 aromatic rings. The number of hydrogen-bond donors (Lipinski definition) is 0. The first-order valence-electron chi connectivity index (χ1n) is 10.7. The highest BCUT2D eigenvalue weighted by Crippen LogP contribution is 2.49. The van der Waals surface area contributed by atoms with E-state index in [9.17, 15) is 0 Å². The lowest BCUT2D eigenvalue weighted by Crippen LogP contribution is -2.32. The summed E-state index contributed by atoms with van der Waals surface area (Å²) >= 11 is 0. The molecule has 0 aromatic heterocycles. The van der Waals surface area contributed by atoms with E-state index in [1.807, 2.05) is 0 Å². The third-order valence-corrected chi connectivity index (χ3v) is 7.33. The average Bonchev–Trinajstić information content (AvgIpc) is 2.56. The van der Waals surface area contributed by atoms with Gasteiger partial charge >= 0.3 is 0 Å². The largest absolute Gasteiger partial charge is 0.0654 e. The Bertz CT molecular complexity index is 278. The molecule has 0 radical (unpaired) electrons. The van der Waals surface area contributed by atoms with Gasteiger partial charge in [-0.1, -0.05) is 91.4 Å². The molecule has 0 heterocycles. The summed E-state index contributed by atoms with van der Waals surface area (Å²) in [5, 5.41) is 0. The van der Waals surface area contributed by atoms with Crippen molar-refractivity contribution < 1.29 is 0 Å². The topological polar surface area (TPSA) is 0 Å².